The Hall–Kier alpha value is -1.05. The average molecular weight is 513 g/mol. The van der Waals surface area contributed by atoms with E-state index in [0.717, 1.165) is 0 Å². The molecule has 3 fully saturated rings. The molecule has 0 radical (unpaired) electrons. The predicted octanol–water partition coefficient (Wildman–Crippen LogP) is -5.37. The maximum atomic E-state index is 11.8. The first-order valence-electron chi connectivity index (χ1n) is 11.3. The Morgan fingerprint density at radius 2 is 1.29 bits per heavy atom. The second kappa shape index (κ2) is 11.6. The van der Waals surface area contributed by atoms with E-state index in [1.807, 2.05) is 0 Å². The summed E-state index contributed by atoms with van der Waals surface area (Å²) in [5.41, 5.74) is 0. The Morgan fingerprint density at radius 1 is 0.743 bits per heavy atom. The van der Waals surface area contributed by atoms with Crippen LogP contribution in [-0.2, 0) is 28.5 Å². The van der Waals surface area contributed by atoms with E-state index >= 15 is 0 Å². The van der Waals surface area contributed by atoms with Gasteiger partial charge in [-0.15, -0.1) is 0 Å². The lowest BCUT2D eigenvalue weighted by Crippen LogP contribution is -2.68. The van der Waals surface area contributed by atoms with Crippen LogP contribution in [0.2, 0.25) is 0 Å². The molecule has 0 aliphatic carbocycles. The fourth-order valence-electron chi connectivity index (χ4n) is 4.37. The fourth-order valence-corrected chi connectivity index (χ4v) is 4.37. The number of nitrogens with one attached hydrogen (secondary N) is 1. The van der Waals surface area contributed by atoms with Crippen LogP contribution in [0.15, 0.2) is 0 Å². The van der Waals surface area contributed by atoms with Crippen LogP contribution >= 0.6 is 0 Å². The summed E-state index contributed by atoms with van der Waals surface area (Å²) in [6.07, 6.45) is -20.4. The van der Waals surface area contributed by atoms with Gasteiger partial charge in [0.2, 0.25) is 5.91 Å². The van der Waals surface area contributed by atoms with E-state index in [2.05, 4.69) is 5.32 Å². The third-order valence-electron chi connectivity index (χ3n) is 6.41. The van der Waals surface area contributed by atoms with Gasteiger partial charge in [-0.25, -0.2) is 0 Å². The molecular formula is C20H35NO14. The summed E-state index contributed by atoms with van der Waals surface area (Å²) in [6, 6.07) is -1.31. The molecule has 15 atom stereocenters. The summed E-state index contributed by atoms with van der Waals surface area (Å²) in [5, 5.41) is 83.3. The highest BCUT2D eigenvalue weighted by atomic mass is 16.7. The zero-order valence-electron chi connectivity index (χ0n) is 19.4. The van der Waals surface area contributed by atoms with Crippen molar-refractivity contribution in [3.05, 3.63) is 0 Å². The molecule has 204 valence electrons. The topological polar surface area (TPSA) is 237 Å². The lowest BCUT2D eigenvalue weighted by atomic mass is 9.95. The van der Waals surface area contributed by atoms with Crippen molar-refractivity contribution in [2.75, 3.05) is 6.61 Å². The SMILES string of the molecule is CC(=O)N[C@@H]1[C@@H](O[C@@H]2O[C@H](CO)[C@H](O)[C@H](O)[C@H]2O)[C@H](O[C@@H]2O[C@@H](C)[C@@H](O)[C@@H](O)[C@@H]2O)[C@@H](C)O[C@H]1O. The van der Waals surface area contributed by atoms with Crippen molar-refractivity contribution < 1.29 is 69.3 Å². The van der Waals surface area contributed by atoms with E-state index in [1.165, 1.54) is 20.8 Å². The van der Waals surface area contributed by atoms with Gasteiger partial charge in [-0.2, -0.15) is 0 Å². The van der Waals surface area contributed by atoms with E-state index in [1.54, 1.807) is 0 Å². The van der Waals surface area contributed by atoms with Crippen molar-refractivity contribution in [2.24, 2.45) is 0 Å². The third-order valence-corrected chi connectivity index (χ3v) is 6.41. The van der Waals surface area contributed by atoms with Crippen LogP contribution < -0.4 is 5.32 Å². The third kappa shape index (κ3) is 5.93. The highest BCUT2D eigenvalue weighted by molar-refractivity contribution is 5.73. The van der Waals surface area contributed by atoms with Crippen molar-refractivity contribution in [1.82, 2.24) is 5.32 Å². The molecule has 9 N–H and O–H groups in total. The van der Waals surface area contributed by atoms with E-state index in [0.29, 0.717) is 0 Å². The van der Waals surface area contributed by atoms with Gasteiger partial charge in [-0.1, -0.05) is 0 Å². The van der Waals surface area contributed by atoms with Crippen LogP contribution in [0.4, 0.5) is 0 Å². The van der Waals surface area contributed by atoms with Gasteiger partial charge in [0.05, 0.1) is 18.8 Å². The second-order valence-electron chi connectivity index (χ2n) is 9.04. The number of hydrogen-bond acceptors (Lipinski definition) is 14. The van der Waals surface area contributed by atoms with Crippen LogP contribution in [-0.4, -0.2) is 145 Å². The van der Waals surface area contributed by atoms with E-state index in [-0.39, 0.29) is 0 Å². The molecule has 0 unspecified atom stereocenters. The molecule has 1 amide bonds. The maximum Gasteiger partial charge on any atom is 0.217 e. The Labute approximate surface area is 200 Å². The lowest BCUT2D eigenvalue weighted by Gasteiger charge is -2.49. The number of aliphatic hydroxyl groups excluding tert-OH is 8. The molecule has 0 aromatic carbocycles. The molecule has 0 bridgehead atoms. The minimum absolute atomic E-state index is 0.588. The molecule has 0 spiro atoms. The summed E-state index contributed by atoms with van der Waals surface area (Å²) in [7, 11) is 0. The smallest absolute Gasteiger partial charge is 0.217 e. The number of rotatable bonds is 6. The molecule has 0 aromatic rings. The van der Waals surface area contributed by atoms with E-state index in [9.17, 15) is 45.6 Å². The summed E-state index contributed by atoms with van der Waals surface area (Å²) in [5.74, 6) is -0.588. The second-order valence-corrected chi connectivity index (χ2v) is 9.04. The first kappa shape index (κ1) is 28.5. The van der Waals surface area contributed by atoms with Crippen molar-refractivity contribution in [3.8, 4) is 0 Å². The van der Waals surface area contributed by atoms with E-state index in [4.69, 9.17) is 23.7 Å². The van der Waals surface area contributed by atoms with E-state index < -0.39 is 105 Å². The van der Waals surface area contributed by atoms with Crippen LogP contribution in [0.1, 0.15) is 20.8 Å². The van der Waals surface area contributed by atoms with Crippen LogP contribution in [0.3, 0.4) is 0 Å². The maximum absolute atomic E-state index is 11.8. The van der Waals surface area contributed by atoms with Crippen LogP contribution in [0.25, 0.3) is 0 Å². The summed E-state index contributed by atoms with van der Waals surface area (Å²) < 4.78 is 28.0. The fraction of sp³-hybridized carbons (Fsp3) is 0.950. The molecule has 0 saturated carbocycles. The summed E-state index contributed by atoms with van der Waals surface area (Å²) >= 11 is 0. The normalized spacial score (nSPS) is 51.1. The molecule has 15 nitrogen and oxygen atoms in total. The van der Waals surface area contributed by atoms with Gasteiger partial charge in [0.25, 0.3) is 0 Å². The lowest BCUT2D eigenvalue weighted by molar-refractivity contribution is -0.367. The quantitative estimate of drug-likeness (QED) is 0.161. The number of amides is 1. The van der Waals surface area contributed by atoms with Gasteiger partial charge < -0.3 is 69.9 Å². The first-order valence-corrected chi connectivity index (χ1v) is 11.3. The average Bonchev–Trinajstić information content (AvgIpc) is 2.80. The zero-order valence-corrected chi connectivity index (χ0v) is 19.4. The largest absolute Gasteiger partial charge is 0.394 e. The number of hydrogen-bond donors (Lipinski definition) is 9. The van der Waals surface area contributed by atoms with Gasteiger partial charge in [0, 0.05) is 6.92 Å². The van der Waals surface area contributed by atoms with Crippen molar-refractivity contribution in [1.29, 1.82) is 0 Å². The van der Waals surface area contributed by atoms with Crippen LogP contribution in [0, 0.1) is 0 Å². The Kier molecular flexibility index (Phi) is 9.42. The zero-order chi connectivity index (χ0) is 26.2. The Morgan fingerprint density at radius 3 is 1.86 bits per heavy atom. The number of aliphatic hydroxyl groups is 8. The van der Waals surface area contributed by atoms with Crippen LogP contribution in [0.5, 0.6) is 0 Å². The first-order chi connectivity index (χ1) is 16.4. The van der Waals surface area contributed by atoms with Gasteiger partial charge >= 0.3 is 0 Å². The van der Waals surface area contributed by atoms with Crippen molar-refractivity contribution in [2.45, 2.75) is 113 Å². The minimum atomic E-state index is -1.80. The minimum Gasteiger partial charge on any atom is -0.394 e. The standard InChI is InChI=1S/C20H35NO14/c1-5-10(24)12(26)14(28)19(32-5)34-16-6(2)31-18(30)9(21-7(3)23)17(16)35-20-15(29)13(27)11(25)8(4-22)33-20/h5-6,8-20,22,24-30H,4H2,1-3H3,(H,21,23)/t5-,6+,8+,9+,10+,11-,12+,13-,14-,15+,16+,17+,18+,19-,20-/m0/s1. The van der Waals surface area contributed by atoms with Gasteiger partial charge in [0.15, 0.2) is 18.9 Å². The molecule has 3 saturated heterocycles. The highest BCUT2D eigenvalue weighted by Crippen LogP contribution is 2.32. The summed E-state index contributed by atoms with van der Waals surface area (Å²) in [6.45, 7) is 3.37. The Balaban J connectivity index is 1.89. The van der Waals surface area contributed by atoms with Gasteiger partial charge in [-0.05, 0) is 13.8 Å². The molecule has 3 aliphatic rings. The molecule has 0 aromatic heterocycles. The molecule has 3 heterocycles. The predicted molar refractivity (Wildman–Crippen MR) is 110 cm³/mol. The van der Waals surface area contributed by atoms with Gasteiger partial charge in [-0.3, -0.25) is 4.79 Å². The molecule has 3 aliphatic heterocycles. The van der Waals surface area contributed by atoms with Crippen molar-refractivity contribution >= 4 is 5.91 Å². The monoisotopic (exact) mass is 513 g/mol. The summed E-state index contributed by atoms with van der Waals surface area (Å²) in [4.78, 5) is 11.8. The molecule has 3 rings (SSSR count). The number of carbonyl (C=O) groups excluding carboxylic acids is 1. The number of carbonyl (C=O) groups is 1. The van der Waals surface area contributed by atoms with Crippen molar-refractivity contribution in [3.63, 3.8) is 0 Å². The number of ether oxygens (including phenoxy) is 5. The molecule has 35 heavy (non-hydrogen) atoms. The Bertz CT molecular complexity index is 713. The molecule has 15 heteroatoms. The highest BCUT2D eigenvalue weighted by Gasteiger charge is 2.53. The van der Waals surface area contributed by atoms with Gasteiger partial charge in [0.1, 0.15) is 61.0 Å². The molecular weight excluding hydrogens is 478 g/mol.